The van der Waals surface area contributed by atoms with Gasteiger partial charge in [-0.25, -0.2) is 4.39 Å². The molecule has 1 N–H and O–H groups in total. The molecule has 0 spiro atoms. The summed E-state index contributed by atoms with van der Waals surface area (Å²) < 4.78 is 20.1. The molecule has 156 valence electrons. The number of rotatable bonds is 5. The monoisotopic (exact) mass is 407 g/mol. The summed E-state index contributed by atoms with van der Waals surface area (Å²) in [5, 5.41) is 6.89. The van der Waals surface area contributed by atoms with Crippen LogP contribution in [-0.2, 0) is 4.79 Å². The maximum absolute atomic E-state index is 14.0. The van der Waals surface area contributed by atoms with Crippen LogP contribution < -0.4 is 9.64 Å². The fourth-order valence-electron chi connectivity index (χ4n) is 3.86. The van der Waals surface area contributed by atoms with Crippen LogP contribution in [-0.4, -0.2) is 24.2 Å². The molecule has 0 aliphatic carbocycles. The fraction of sp³-hybridized carbons (Fsp3) is 0.240. The number of halogens is 1. The molecule has 0 bridgehead atoms. The molecule has 30 heavy (non-hydrogen) atoms. The molecule has 1 atom stereocenters. The molecule has 1 aliphatic rings. The van der Waals surface area contributed by atoms with Gasteiger partial charge in [0.05, 0.1) is 0 Å². The fourth-order valence-corrected chi connectivity index (χ4v) is 3.86. The third kappa shape index (κ3) is 5.17. The van der Waals surface area contributed by atoms with Crippen LogP contribution in [0, 0.1) is 5.82 Å². The third-order valence-electron chi connectivity index (χ3n) is 5.27. The average Bonchev–Trinajstić information content (AvgIpc) is 3.24. The lowest BCUT2D eigenvalue weighted by Crippen LogP contribution is -2.28. The number of hydrogen-bond donors (Lipinski definition) is 1. The van der Waals surface area contributed by atoms with Crippen molar-refractivity contribution in [2.45, 2.75) is 32.2 Å². The number of ether oxygens (including phenoxy) is 1. The van der Waals surface area contributed by atoms with E-state index in [1.807, 2.05) is 42.5 Å². The van der Waals surface area contributed by atoms with Crippen molar-refractivity contribution < 1.29 is 19.0 Å². The van der Waals surface area contributed by atoms with Crippen molar-refractivity contribution >= 4 is 12.2 Å². The zero-order valence-electron chi connectivity index (χ0n) is 17.0. The summed E-state index contributed by atoms with van der Waals surface area (Å²) in [4.78, 5) is 10.8. The number of hydrogen-bond acceptors (Lipinski definition) is 3. The van der Waals surface area contributed by atoms with Crippen molar-refractivity contribution in [3.05, 3.63) is 78.6 Å². The van der Waals surface area contributed by atoms with Crippen molar-refractivity contribution in [1.82, 2.24) is 0 Å². The van der Waals surface area contributed by atoms with Gasteiger partial charge in [0.25, 0.3) is 6.47 Å². The molecule has 0 radical (unpaired) electrons. The molecule has 5 heteroatoms. The summed E-state index contributed by atoms with van der Waals surface area (Å²) >= 11 is 0. The number of carboxylic acid groups (broad SMARTS) is 1. The van der Waals surface area contributed by atoms with Gasteiger partial charge in [0.1, 0.15) is 17.3 Å². The standard InChI is InChI=1S/C24H24FNO.CH2O2/c1-2-19-8-6-16-26(19)20-12-14-21(15-13-20)27-22-9-5-7-18(17-22)23-10-3-4-11-24(23)25;2-1-3/h3-5,7,9-15,17,19H,2,6,8,16H2,1H3;1H,(H,2,3)/t19-;/m1./s1. The van der Waals surface area contributed by atoms with Crippen LogP contribution in [0.1, 0.15) is 26.2 Å². The molecule has 1 heterocycles. The molecule has 1 aliphatic heterocycles. The second-order valence-corrected chi connectivity index (χ2v) is 7.11. The summed E-state index contributed by atoms with van der Waals surface area (Å²) in [6, 6.07) is 23.3. The van der Waals surface area contributed by atoms with E-state index in [0.717, 1.165) is 17.9 Å². The van der Waals surface area contributed by atoms with E-state index < -0.39 is 0 Å². The lowest BCUT2D eigenvalue weighted by atomic mass is 10.1. The lowest BCUT2D eigenvalue weighted by molar-refractivity contribution is -0.122. The van der Waals surface area contributed by atoms with Gasteiger partial charge in [0.15, 0.2) is 0 Å². The minimum Gasteiger partial charge on any atom is -0.483 e. The highest BCUT2D eigenvalue weighted by molar-refractivity contribution is 5.65. The Morgan fingerprint density at radius 3 is 2.50 bits per heavy atom. The van der Waals surface area contributed by atoms with Crippen LogP contribution in [0.3, 0.4) is 0 Å². The normalized spacial score (nSPS) is 15.3. The second-order valence-electron chi connectivity index (χ2n) is 7.11. The van der Waals surface area contributed by atoms with E-state index in [-0.39, 0.29) is 12.3 Å². The van der Waals surface area contributed by atoms with Gasteiger partial charge >= 0.3 is 0 Å². The quantitative estimate of drug-likeness (QED) is 0.500. The van der Waals surface area contributed by atoms with Gasteiger partial charge < -0.3 is 14.7 Å². The zero-order valence-corrected chi connectivity index (χ0v) is 17.0. The Bertz CT molecular complexity index is 959. The van der Waals surface area contributed by atoms with Gasteiger partial charge in [-0.05, 0) is 67.3 Å². The minimum absolute atomic E-state index is 0.227. The maximum Gasteiger partial charge on any atom is 0.290 e. The van der Waals surface area contributed by atoms with Crippen molar-refractivity contribution in [2.24, 2.45) is 0 Å². The largest absolute Gasteiger partial charge is 0.483 e. The van der Waals surface area contributed by atoms with Crippen LogP contribution in [0.4, 0.5) is 10.1 Å². The van der Waals surface area contributed by atoms with Gasteiger partial charge in [-0.15, -0.1) is 0 Å². The first kappa shape index (κ1) is 21.4. The molecule has 1 saturated heterocycles. The van der Waals surface area contributed by atoms with Crippen LogP contribution in [0.5, 0.6) is 11.5 Å². The Morgan fingerprint density at radius 1 is 1.07 bits per heavy atom. The molecule has 3 aromatic rings. The molecular weight excluding hydrogens is 381 g/mol. The van der Waals surface area contributed by atoms with Crippen molar-refractivity contribution in [3.8, 4) is 22.6 Å². The Balaban J connectivity index is 0.000000806. The van der Waals surface area contributed by atoms with Crippen molar-refractivity contribution in [1.29, 1.82) is 0 Å². The number of carbonyl (C=O) groups is 1. The van der Waals surface area contributed by atoms with E-state index in [2.05, 4.69) is 24.0 Å². The average molecular weight is 407 g/mol. The molecule has 4 nitrogen and oxygen atoms in total. The molecular formula is C25H26FNO3. The van der Waals surface area contributed by atoms with Gasteiger partial charge in [-0.3, -0.25) is 4.79 Å². The van der Waals surface area contributed by atoms with Gasteiger partial charge in [0.2, 0.25) is 0 Å². The second kappa shape index (κ2) is 10.4. The Morgan fingerprint density at radius 2 is 1.80 bits per heavy atom. The topological polar surface area (TPSA) is 49.8 Å². The first-order chi connectivity index (χ1) is 14.7. The molecule has 1 fully saturated rings. The van der Waals surface area contributed by atoms with E-state index >= 15 is 0 Å². The zero-order chi connectivity index (χ0) is 21.3. The molecule has 0 saturated carbocycles. The Labute approximate surface area is 176 Å². The lowest BCUT2D eigenvalue weighted by Gasteiger charge is -2.26. The van der Waals surface area contributed by atoms with Crippen LogP contribution >= 0.6 is 0 Å². The predicted molar refractivity (Wildman–Crippen MR) is 118 cm³/mol. The smallest absolute Gasteiger partial charge is 0.290 e. The van der Waals surface area contributed by atoms with Crippen LogP contribution in [0.25, 0.3) is 11.1 Å². The van der Waals surface area contributed by atoms with E-state index in [1.165, 1.54) is 31.0 Å². The van der Waals surface area contributed by atoms with Gasteiger partial charge in [-0.1, -0.05) is 37.3 Å². The summed E-state index contributed by atoms with van der Waals surface area (Å²) in [7, 11) is 0. The highest BCUT2D eigenvalue weighted by atomic mass is 19.1. The van der Waals surface area contributed by atoms with Crippen LogP contribution in [0.2, 0.25) is 0 Å². The molecule has 4 rings (SSSR count). The summed E-state index contributed by atoms with van der Waals surface area (Å²) in [6.07, 6.45) is 3.72. The molecule has 3 aromatic carbocycles. The van der Waals surface area contributed by atoms with Crippen LogP contribution in [0.15, 0.2) is 72.8 Å². The maximum atomic E-state index is 14.0. The molecule has 0 amide bonds. The highest BCUT2D eigenvalue weighted by Gasteiger charge is 2.22. The number of nitrogens with zero attached hydrogens (tertiary/aromatic N) is 1. The highest BCUT2D eigenvalue weighted by Crippen LogP contribution is 2.32. The molecule has 0 unspecified atom stereocenters. The van der Waals surface area contributed by atoms with Crippen molar-refractivity contribution in [3.63, 3.8) is 0 Å². The van der Waals surface area contributed by atoms with E-state index in [0.29, 0.717) is 17.4 Å². The van der Waals surface area contributed by atoms with E-state index in [1.54, 1.807) is 12.1 Å². The number of benzene rings is 3. The predicted octanol–water partition coefficient (Wildman–Crippen LogP) is 6.36. The van der Waals surface area contributed by atoms with Gasteiger partial charge in [0, 0.05) is 23.8 Å². The SMILES string of the molecule is CC[C@@H]1CCCN1c1ccc(Oc2cccc(-c3ccccc3F)c2)cc1.O=CO. The van der Waals surface area contributed by atoms with E-state index in [9.17, 15) is 4.39 Å². The summed E-state index contributed by atoms with van der Waals surface area (Å²) in [5.41, 5.74) is 2.65. The minimum atomic E-state index is -0.250. The summed E-state index contributed by atoms with van der Waals surface area (Å²) in [6.45, 7) is 3.13. The van der Waals surface area contributed by atoms with Gasteiger partial charge in [-0.2, -0.15) is 0 Å². The van der Waals surface area contributed by atoms with Crippen molar-refractivity contribution in [2.75, 3.05) is 11.4 Å². The van der Waals surface area contributed by atoms with E-state index in [4.69, 9.17) is 14.6 Å². The number of anilines is 1. The third-order valence-corrected chi connectivity index (χ3v) is 5.27. The Kier molecular flexibility index (Phi) is 7.44. The molecule has 0 aromatic heterocycles. The summed E-state index contributed by atoms with van der Waals surface area (Å²) in [5.74, 6) is 1.27. The Hall–Kier alpha value is -3.34. The first-order valence-corrected chi connectivity index (χ1v) is 10.1. The first-order valence-electron chi connectivity index (χ1n) is 10.1.